The highest BCUT2D eigenvalue weighted by Crippen LogP contribution is 2.33. The van der Waals surface area contributed by atoms with Crippen molar-refractivity contribution in [3.63, 3.8) is 0 Å². The molecule has 5 nitrogen and oxygen atoms in total. The number of rotatable bonds is 3. The van der Waals surface area contributed by atoms with Gasteiger partial charge in [0.2, 0.25) is 0 Å². The highest BCUT2D eigenvalue weighted by molar-refractivity contribution is 6.02. The summed E-state index contributed by atoms with van der Waals surface area (Å²) in [7, 11) is 0. The zero-order valence-electron chi connectivity index (χ0n) is 15.8. The van der Waals surface area contributed by atoms with Crippen molar-refractivity contribution in [2.45, 2.75) is 32.4 Å². The van der Waals surface area contributed by atoms with Gasteiger partial charge in [-0.1, -0.05) is 42.5 Å². The number of carbonyl (C=O) groups excluding carboxylic acids is 2. The number of fused-ring (bicyclic) bond motifs is 2. The molecule has 142 valence electrons. The second-order valence-electron chi connectivity index (χ2n) is 7.15. The van der Waals surface area contributed by atoms with Crippen LogP contribution in [0.15, 0.2) is 60.7 Å². The minimum Gasteiger partial charge on any atom is -0.507 e. The van der Waals surface area contributed by atoms with Gasteiger partial charge < -0.3 is 14.7 Å². The first kappa shape index (κ1) is 18.0. The van der Waals surface area contributed by atoms with E-state index in [1.807, 2.05) is 55.5 Å². The van der Waals surface area contributed by atoms with Gasteiger partial charge in [-0.15, -0.1) is 0 Å². The number of ether oxygens (including phenoxy) is 1. The number of phenolic OH excluding ortho intramolecular Hbond substituents is 1. The standard InChI is InChI=1S/C23H21NO4/c1-14-11-18-9-5-6-10-20(18)24(14)22(26)15(2)28-23(27)19-12-16-7-3-4-8-17(16)13-21(19)25/h3-10,12-15,25H,11H2,1-2H3/t14-,15+/m0/s1. The van der Waals surface area contributed by atoms with Crippen molar-refractivity contribution in [2.24, 2.45) is 0 Å². The van der Waals surface area contributed by atoms with Gasteiger partial charge in [-0.25, -0.2) is 4.79 Å². The van der Waals surface area contributed by atoms with Crippen molar-refractivity contribution in [1.82, 2.24) is 0 Å². The molecule has 1 aliphatic heterocycles. The smallest absolute Gasteiger partial charge is 0.342 e. The molecule has 28 heavy (non-hydrogen) atoms. The maximum Gasteiger partial charge on any atom is 0.342 e. The van der Waals surface area contributed by atoms with Gasteiger partial charge in [0.15, 0.2) is 6.10 Å². The SMILES string of the molecule is C[C@@H](OC(=O)c1cc2ccccc2cc1O)C(=O)N1c2ccccc2C[C@@H]1C. The summed E-state index contributed by atoms with van der Waals surface area (Å²) in [6.07, 6.45) is -0.194. The third-order valence-corrected chi connectivity index (χ3v) is 5.16. The monoisotopic (exact) mass is 375 g/mol. The van der Waals surface area contributed by atoms with E-state index in [1.165, 1.54) is 6.07 Å². The molecule has 0 saturated carbocycles. The van der Waals surface area contributed by atoms with E-state index in [0.717, 1.165) is 28.4 Å². The van der Waals surface area contributed by atoms with Crippen molar-refractivity contribution in [2.75, 3.05) is 4.90 Å². The van der Waals surface area contributed by atoms with Crippen LogP contribution in [0.2, 0.25) is 0 Å². The van der Waals surface area contributed by atoms with Crippen molar-refractivity contribution in [3.05, 3.63) is 71.8 Å². The fourth-order valence-corrected chi connectivity index (χ4v) is 3.76. The molecule has 1 N–H and O–H groups in total. The summed E-state index contributed by atoms with van der Waals surface area (Å²) in [5, 5.41) is 11.9. The van der Waals surface area contributed by atoms with Gasteiger partial charge in [0, 0.05) is 11.7 Å². The molecule has 0 fully saturated rings. The normalized spacial score (nSPS) is 16.6. The Morgan fingerprint density at radius 3 is 2.46 bits per heavy atom. The minimum absolute atomic E-state index is 0.000115. The van der Waals surface area contributed by atoms with Crippen LogP contribution < -0.4 is 4.90 Å². The molecule has 1 amide bonds. The summed E-state index contributed by atoms with van der Waals surface area (Å²) in [6.45, 7) is 3.54. The number of hydrogen-bond acceptors (Lipinski definition) is 4. The molecule has 0 aromatic heterocycles. The van der Waals surface area contributed by atoms with Crippen molar-refractivity contribution >= 4 is 28.3 Å². The third-order valence-electron chi connectivity index (χ3n) is 5.16. The predicted octanol–water partition coefficient (Wildman–Crippen LogP) is 4.07. The molecule has 4 rings (SSSR count). The quantitative estimate of drug-likeness (QED) is 0.701. The van der Waals surface area contributed by atoms with Gasteiger partial charge in [0.1, 0.15) is 11.3 Å². The van der Waals surface area contributed by atoms with E-state index < -0.39 is 12.1 Å². The predicted molar refractivity (Wildman–Crippen MR) is 108 cm³/mol. The van der Waals surface area contributed by atoms with Gasteiger partial charge in [-0.3, -0.25) is 4.79 Å². The molecule has 3 aromatic rings. The molecule has 0 aliphatic carbocycles. The summed E-state index contributed by atoms with van der Waals surface area (Å²) < 4.78 is 5.41. The van der Waals surface area contributed by atoms with E-state index in [2.05, 4.69) is 0 Å². The van der Waals surface area contributed by atoms with E-state index in [-0.39, 0.29) is 23.3 Å². The average Bonchev–Trinajstić information content (AvgIpc) is 3.02. The summed E-state index contributed by atoms with van der Waals surface area (Å²) >= 11 is 0. The van der Waals surface area contributed by atoms with Crippen LogP contribution in [0.5, 0.6) is 5.75 Å². The molecule has 5 heteroatoms. The van der Waals surface area contributed by atoms with Gasteiger partial charge >= 0.3 is 5.97 Å². The molecule has 0 unspecified atom stereocenters. The lowest BCUT2D eigenvalue weighted by molar-refractivity contribution is -0.126. The Labute approximate surface area is 163 Å². The number of carbonyl (C=O) groups is 2. The van der Waals surface area contributed by atoms with Gasteiger partial charge in [-0.2, -0.15) is 0 Å². The Hall–Kier alpha value is -3.34. The Balaban J connectivity index is 1.55. The Bertz CT molecular complexity index is 1080. The van der Waals surface area contributed by atoms with Crippen LogP contribution >= 0.6 is 0 Å². The molecule has 1 aliphatic rings. The molecule has 3 aromatic carbocycles. The van der Waals surface area contributed by atoms with Crippen LogP contribution in [0.3, 0.4) is 0 Å². The highest BCUT2D eigenvalue weighted by atomic mass is 16.5. The maximum atomic E-state index is 13.0. The lowest BCUT2D eigenvalue weighted by Gasteiger charge is -2.26. The van der Waals surface area contributed by atoms with E-state index in [0.29, 0.717) is 0 Å². The van der Waals surface area contributed by atoms with Crippen LogP contribution in [0, 0.1) is 0 Å². The Morgan fingerprint density at radius 2 is 1.71 bits per heavy atom. The second kappa shape index (κ2) is 7.00. The minimum atomic E-state index is -0.966. The van der Waals surface area contributed by atoms with Crippen molar-refractivity contribution < 1.29 is 19.4 Å². The summed E-state index contributed by atoms with van der Waals surface area (Å²) in [4.78, 5) is 27.3. The largest absolute Gasteiger partial charge is 0.507 e. The van der Waals surface area contributed by atoms with E-state index in [1.54, 1.807) is 17.9 Å². The molecule has 2 atom stereocenters. The molecular formula is C23H21NO4. The lowest BCUT2D eigenvalue weighted by atomic mass is 10.1. The number of phenols is 1. The third kappa shape index (κ3) is 3.09. The number of amides is 1. The van der Waals surface area contributed by atoms with Gasteiger partial charge in [0.05, 0.1) is 0 Å². The number of para-hydroxylation sites is 1. The van der Waals surface area contributed by atoms with E-state index in [9.17, 15) is 14.7 Å². The molecule has 0 saturated heterocycles. The molecule has 0 bridgehead atoms. The first-order chi connectivity index (χ1) is 13.5. The number of aromatic hydroxyl groups is 1. The Morgan fingerprint density at radius 1 is 1.07 bits per heavy atom. The number of hydrogen-bond donors (Lipinski definition) is 1. The van der Waals surface area contributed by atoms with E-state index in [4.69, 9.17) is 4.74 Å². The highest BCUT2D eigenvalue weighted by Gasteiger charge is 2.34. The fourth-order valence-electron chi connectivity index (χ4n) is 3.76. The zero-order valence-corrected chi connectivity index (χ0v) is 15.8. The van der Waals surface area contributed by atoms with Crippen LogP contribution in [0.25, 0.3) is 10.8 Å². The van der Waals surface area contributed by atoms with E-state index >= 15 is 0 Å². The van der Waals surface area contributed by atoms with Crippen LogP contribution in [0.1, 0.15) is 29.8 Å². The topological polar surface area (TPSA) is 66.8 Å². The molecule has 0 radical (unpaired) electrons. The number of anilines is 1. The van der Waals surface area contributed by atoms with Gasteiger partial charge in [-0.05, 0) is 54.8 Å². The molecule has 1 heterocycles. The average molecular weight is 375 g/mol. The first-order valence-electron chi connectivity index (χ1n) is 9.29. The van der Waals surface area contributed by atoms with Crippen LogP contribution in [-0.4, -0.2) is 29.1 Å². The number of esters is 1. The Kier molecular flexibility index (Phi) is 4.51. The van der Waals surface area contributed by atoms with Gasteiger partial charge in [0.25, 0.3) is 5.91 Å². The fraction of sp³-hybridized carbons (Fsp3) is 0.217. The van der Waals surface area contributed by atoms with Crippen molar-refractivity contribution in [1.29, 1.82) is 0 Å². The lowest BCUT2D eigenvalue weighted by Crippen LogP contribution is -2.43. The molecule has 0 spiro atoms. The first-order valence-corrected chi connectivity index (χ1v) is 9.29. The molecular weight excluding hydrogens is 354 g/mol. The van der Waals surface area contributed by atoms with Crippen molar-refractivity contribution in [3.8, 4) is 5.75 Å². The zero-order chi connectivity index (χ0) is 19.8. The summed E-state index contributed by atoms with van der Waals surface area (Å²) in [5.74, 6) is -1.15. The van der Waals surface area contributed by atoms with Crippen LogP contribution in [-0.2, 0) is 16.0 Å². The van der Waals surface area contributed by atoms with Crippen LogP contribution in [0.4, 0.5) is 5.69 Å². The summed E-state index contributed by atoms with van der Waals surface area (Å²) in [5.41, 5.74) is 2.01. The summed E-state index contributed by atoms with van der Waals surface area (Å²) in [6, 6.07) is 18.3. The number of nitrogens with zero attached hydrogens (tertiary/aromatic N) is 1. The second-order valence-corrected chi connectivity index (χ2v) is 7.15. The maximum absolute atomic E-state index is 13.0. The number of benzene rings is 3.